The first-order valence-electron chi connectivity index (χ1n) is 9.84. The van der Waals surface area contributed by atoms with Crippen LogP contribution >= 0.6 is 0 Å². The van der Waals surface area contributed by atoms with E-state index in [1.54, 1.807) is 25.3 Å². The average molecular weight is 415 g/mol. The van der Waals surface area contributed by atoms with Crippen LogP contribution in [0.5, 0.6) is 0 Å². The van der Waals surface area contributed by atoms with Crippen LogP contribution in [0.4, 0.5) is 5.69 Å². The van der Waals surface area contributed by atoms with Crippen LogP contribution in [0, 0.1) is 10.1 Å². The minimum Gasteiger partial charge on any atom is -0.271 e. The summed E-state index contributed by atoms with van der Waals surface area (Å²) in [5, 5.41) is 17.0. The van der Waals surface area contributed by atoms with Gasteiger partial charge in [0.15, 0.2) is 6.17 Å². The molecule has 0 bridgehead atoms. The van der Waals surface area contributed by atoms with Crippen molar-refractivity contribution in [2.45, 2.75) is 19.6 Å². The molecule has 1 saturated heterocycles. The van der Waals surface area contributed by atoms with Crippen LogP contribution in [0.25, 0.3) is 0 Å². The molecule has 0 N–H and O–H groups in total. The van der Waals surface area contributed by atoms with Crippen molar-refractivity contribution in [1.29, 1.82) is 0 Å². The van der Waals surface area contributed by atoms with Crippen molar-refractivity contribution in [3.05, 3.63) is 106 Å². The summed E-state index contributed by atoms with van der Waals surface area (Å²) in [6, 6.07) is 21.7. The molecule has 3 aromatic rings. The number of hydrogen-bond donors (Lipinski definition) is 0. The van der Waals surface area contributed by atoms with Crippen molar-refractivity contribution in [2.24, 2.45) is 5.10 Å². The van der Waals surface area contributed by atoms with E-state index in [4.69, 9.17) is 0 Å². The van der Waals surface area contributed by atoms with Crippen LogP contribution in [0.2, 0.25) is 0 Å². The molecule has 0 saturated carbocycles. The number of carbonyl (C=O) groups is 1. The number of nitrogens with zero attached hydrogens (tertiary/aromatic N) is 5. The van der Waals surface area contributed by atoms with Gasteiger partial charge < -0.3 is 0 Å². The van der Waals surface area contributed by atoms with E-state index in [1.165, 1.54) is 17.1 Å². The van der Waals surface area contributed by atoms with Gasteiger partial charge >= 0.3 is 0 Å². The molecule has 0 spiro atoms. The monoisotopic (exact) mass is 415 g/mol. The SMILES string of the molecule is C/C(=N/N1C(=O)CN(Cc2ccccc2)[C@@H]1c1ccccn1)c1ccc([N+](=O)[O-])cc1. The molecule has 8 nitrogen and oxygen atoms in total. The van der Waals surface area contributed by atoms with Gasteiger partial charge in [-0.25, -0.2) is 5.01 Å². The highest BCUT2D eigenvalue weighted by molar-refractivity contribution is 5.99. The van der Waals surface area contributed by atoms with Crippen molar-refractivity contribution >= 4 is 17.3 Å². The quantitative estimate of drug-likeness (QED) is 0.347. The number of benzene rings is 2. The Morgan fingerprint density at radius 1 is 1.10 bits per heavy atom. The zero-order chi connectivity index (χ0) is 21.8. The topological polar surface area (TPSA) is 91.9 Å². The van der Waals surface area contributed by atoms with Gasteiger partial charge in [-0.3, -0.25) is 24.8 Å². The van der Waals surface area contributed by atoms with E-state index in [0.29, 0.717) is 17.8 Å². The number of nitro groups is 1. The Hall–Kier alpha value is -3.91. The minimum absolute atomic E-state index is 0.00852. The lowest BCUT2D eigenvalue weighted by Crippen LogP contribution is -2.30. The summed E-state index contributed by atoms with van der Waals surface area (Å²) in [6.45, 7) is 2.58. The second kappa shape index (κ2) is 8.85. The molecule has 31 heavy (non-hydrogen) atoms. The number of rotatable bonds is 6. The number of aromatic nitrogens is 1. The summed E-state index contributed by atoms with van der Waals surface area (Å²) in [5.74, 6) is -0.132. The Bertz CT molecular complexity index is 1100. The van der Waals surface area contributed by atoms with Crippen molar-refractivity contribution in [1.82, 2.24) is 14.9 Å². The number of amides is 1. The lowest BCUT2D eigenvalue weighted by molar-refractivity contribution is -0.384. The second-order valence-electron chi connectivity index (χ2n) is 7.25. The Kier molecular flexibility index (Phi) is 5.81. The summed E-state index contributed by atoms with van der Waals surface area (Å²) in [4.78, 5) is 29.9. The molecule has 2 heterocycles. The fraction of sp³-hybridized carbons (Fsp3) is 0.174. The molecular weight excluding hydrogens is 394 g/mol. The van der Waals surface area contributed by atoms with Gasteiger partial charge in [0.1, 0.15) is 0 Å². The first-order valence-corrected chi connectivity index (χ1v) is 9.84. The third-order valence-electron chi connectivity index (χ3n) is 5.11. The molecule has 0 radical (unpaired) electrons. The predicted octanol–water partition coefficient (Wildman–Crippen LogP) is 3.76. The standard InChI is InChI=1S/C23H21N5O3/c1-17(19-10-12-20(13-11-19)28(30)31)25-27-22(29)16-26(15-18-7-3-2-4-8-18)23(27)21-9-5-6-14-24-21/h2-14,23H,15-16H2,1H3/b25-17-/t23-/m0/s1. The molecule has 0 aliphatic carbocycles. The molecule has 156 valence electrons. The van der Waals surface area contributed by atoms with Crippen molar-refractivity contribution in [3.63, 3.8) is 0 Å². The highest BCUT2D eigenvalue weighted by atomic mass is 16.6. The van der Waals surface area contributed by atoms with E-state index in [9.17, 15) is 14.9 Å². The highest BCUT2D eigenvalue weighted by Gasteiger charge is 2.40. The van der Waals surface area contributed by atoms with Gasteiger partial charge in [0.2, 0.25) is 0 Å². The van der Waals surface area contributed by atoms with Gasteiger partial charge in [-0.15, -0.1) is 0 Å². The lowest BCUT2D eigenvalue weighted by atomic mass is 10.1. The van der Waals surface area contributed by atoms with Gasteiger partial charge in [0.25, 0.3) is 11.6 Å². The summed E-state index contributed by atoms with van der Waals surface area (Å²) < 4.78 is 0. The molecule has 4 rings (SSSR count). The summed E-state index contributed by atoms with van der Waals surface area (Å²) >= 11 is 0. The van der Waals surface area contributed by atoms with Gasteiger partial charge in [0, 0.05) is 24.9 Å². The maximum Gasteiger partial charge on any atom is 0.269 e. The van der Waals surface area contributed by atoms with Crippen LogP contribution in [-0.2, 0) is 11.3 Å². The number of pyridine rings is 1. The zero-order valence-corrected chi connectivity index (χ0v) is 17.0. The van der Waals surface area contributed by atoms with Crippen LogP contribution in [0.15, 0.2) is 84.1 Å². The fourth-order valence-electron chi connectivity index (χ4n) is 3.58. The van der Waals surface area contributed by atoms with Crippen LogP contribution in [-0.4, -0.2) is 38.0 Å². The van der Waals surface area contributed by atoms with Gasteiger partial charge in [0.05, 0.1) is 22.9 Å². The summed E-state index contributed by atoms with van der Waals surface area (Å²) in [5.41, 5.74) is 3.12. The number of carbonyl (C=O) groups excluding carboxylic acids is 1. The van der Waals surface area contributed by atoms with E-state index < -0.39 is 11.1 Å². The molecule has 1 amide bonds. The highest BCUT2D eigenvalue weighted by Crippen LogP contribution is 2.31. The molecule has 8 heteroatoms. The number of hydrazone groups is 1. The Balaban J connectivity index is 1.66. The van der Waals surface area contributed by atoms with Crippen molar-refractivity contribution < 1.29 is 9.72 Å². The lowest BCUT2D eigenvalue weighted by Gasteiger charge is -2.27. The van der Waals surface area contributed by atoms with Gasteiger partial charge in [-0.2, -0.15) is 5.10 Å². The molecule has 1 fully saturated rings. The maximum absolute atomic E-state index is 12.9. The summed E-state index contributed by atoms with van der Waals surface area (Å²) in [6.07, 6.45) is 1.26. The largest absolute Gasteiger partial charge is 0.271 e. The Morgan fingerprint density at radius 3 is 2.45 bits per heavy atom. The first-order chi connectivity index (χ1) is 15.0. The minimum atomic E-state index is -0.446. The van der Waals surface area contributed by atoms with Gasteiger partial charge in [-0.1, -0.05) is 36.4 Å². The molecule has 1 aliphatic heterocycles. The summed E-state index contributed by atoms with van der Waals surface area (Å²) in [7, 11) is 0. The molecule has 1 atom stereocenters. The van der Waals surface area contributed by atoms with E-state index in [2.05, 4.69) is 10.1 Å². The second-order valence-corrected chi connectivity index (χ2v) is 7.25. The predicted molar refractivity (Wildman–Crippen MR) is 116 cm³/mol. The third kappa shape index (κ3) is 4.49. The normalized spacial score (nSPS) is 17.2. The van der Waals surface area contributed by atoms with Crippen molar-refractivity contribution in [2.75, 3.05) is 6.54 Å². The molecule has 2 aromatic carbocycles. The van der Waals surface area contributed by atoms with E-state index in [0.717, 1.165) is 11.3 Å². The van der Waals surface area contributed by atoms with Crippen LogP contribution in [0.3, 0.4) is 0 Å². The average Bonchev–Trinajstić information content (AvgIpc) is 3.09. The molecule has 1 aromatic heterocycles. The maximum atomic E-state index is 12.9. The first kappa shape index (κ1) is 20.4. The molecule has 0 unspecified atom stereocenters. The number of nitro benzene ring substituents is 1. The van der Waals surface area contributed by atoms with Gasteiger partial charge in [-0.05, 0) is 42.3 Å². The number of non-ortho nitro benzene ring substituents is 1. The zero-order valence-electron chi connectivity index (χ0n) is 17.0. The van der Waals surface area contributed by atoms with E-state index in [-0.39, 0.29) is 18.1 Å². The van der Waals surface area contributed by atoms with E-state index >= 15 is 0 Å². The van der Waals surface area contributed by atoms with Crippen LogP contribution in [0.1, 0.15) is 29.9 Å². The van der Waals surface area contributed by atoms with E-state index in [1.807, 2.05) is 53.4 Å². The van der Waals surface area contributed by atoms with Crippen molar-refractivity contribution in [3.8, 4) is 0 Å². The third-order valence-corrected chi connectivity index (χ3v) is 5.11. The Labute approximate surface area is 179 Å². The fourth-order valence-corrected chi connectivity index (χ4v) is 3.58. The molecule has 1 aliphatic rings. The van der Waals surface area contributed by atoms with Crippen LogP contribution < -0.4 is 0 Å². The molecular formula is C23H21N5O3. The smallest absolute Gasteiger partial charge is 0.269 e. The Morgan fingerprint density at radius 2 is 1.81 bits per heavy atom. The number of hydrogen-bond acceptors (Lipinski definition) is 6.